The number of rotatable bonds is 1. The number of nitrogens with zero attached hydrogens (tertiary/aromatic N) is 1. The van der Waals surface area contributed by atoms with Crippen LogP contribution >= 0.6 is 50.7 Å². The van der Waals surface area contributed by atoms with Crippen molar-refractivity contribution in [2.75, 3.05) is 0 Å². The third-order valence-electron chi connectivity index (χ3n) is 0.455. The van der Waals surface area contributed by atoms with Crippen LogP contribution in [0.1, 0.15) is 0 Å². The molecule has 0 radical (unpaired) electrons. The van der Waals surface area contributed by atoms with Crippen LogP contribution in [-0.4, -0.2) is 13.7 Å². The summed E-state index contributed by atoms with van der Waals surface area (Å²) in [7, 11) is 0. The molecule has 0 aliphatic carbocycles. The van der Waals surface area contributed by atoms with E-state index in [1.165, 1.54) is 0 Å². The Balaban J connectivity index is 4.04. The van der Waals surface area contributed by atoms with Crippen LogP contribution in [0.2, 0.25) is 0 Å². The summed E-state index contributed by atoms with van der Waals surface area (Å²) >= 11 is 17.9. The van der Waals surface area contributed by atoms with Crippen LogP contribution in [0.25, 0.3) is 0 Å². The van der Waals surface area contributed by atoms with Crippen LogP contribution in [0.4, 0.5) is 0 Å². The minimum Gasteiger partial charge on any atom is -0.263 e. The molecule has 7 heteroatoms. The molecule has 3 nitrogen and oxygen atoms in total. The summed E-state index contributed by atoms with van der Waals surface area (Å²) in [5, 5.41) is 9.85. The Bertz CT molecular complexity index is 123. The predicted molar refractivity (Wildman–Crippen MR) is 40.0 cm³/mol. The van der Waals surface area contributed by atoms with Gasteiger partial charge in [-0.3, -0.25) is 10.1 Å². The molecule has 1 unspecified atom stereocenters. The Labute approximate surface area is 74.5 Å². The van der Waals surface area contributed by atoms with E-state index >= 15 is 0 Å². The first-order valence-electron chi connectivity index (χ1n) is 1.70. The molecular formula is C2HBrCl3NO2. The molecule has 0 aliphatic heterocycles. The van der Waals surface area contributed by atoms with E-state index in [0.29, 0.717) is 0 Å². The van der Waals surface area contributed by atoms with Gasteiger partial charge in [-0.05, 0) is 0 Å². The Morgan fingerprint density at radius 2 is 1.89 bits per heavy atom. The van der Waals surface area contributed by atoms with Crippen molar-refractivity contribution < 1.29 is 4.92 Å². The summed E-state index contributed by atoms with van der Waals surface area (Å²) in [5.74, 6) is 0. The van der Waals surface area contributed by atoms with Crippen LogP contribution in [0.3, 0.4) is 0 Å². The molecule has 0 amide bonds. The van der Waals surface area contributed by atoms with Gasteiger partial charge in [-0.2, -0.15) is 0 Å². The Morgan fingerprint density at radius 1 is 1.56 bits per heavy atom. The Hall–Kier alpha value is 0.750. The molecule has 0 aliphatic rings. The van der Waals surface area contributed by atoms with Gasteiger partial charge >= 0.3 is 4.95 Å². The number of alkyl halides is 4. The van der Waals surface area contributed by atoms with Crippen molar-refractivity contribution in [2.45, 2.75) is 8.74 Å². The molecule has 0 aromatic carbocycles. The summed E-state index contributed by atoms with van der Waals surface area (Å²) in [4.78, 5) is 7.77. The molecule has 0 rings (SSSR count). The van der Waals surface area contributed by atoms with Crippen molar-refractivity contribution in [3.05, 3.63) is 10.1 Å². The van der Waals surface area contributed by atoms with Crippen LogP contribution in [0.15, 0.2) is 0 Å². The monoisotopic (exact) mass is 255 g/mol. The highest BCUT2D eigenvalue weighted by Gasteiger charge is 2.39. The lowest BCUT2D eigenvalue weighted by atomic mass is 10.8. The van der Waals surface area contributed by atoms with Crippen molar-refractivity contribution in [3.63, 3.8) is 0 Å². The van der Waals surface area contributed by atoms with Crippen LogP contribution in [-0.2, 0) is 0 Å². The van der Waals surface area contributed by atoms with E-state index in [1.807, 2.05) is 0 Å². The molecule has 0 spiro atoms. The maximum absolute atomic E-state index is 9.85. The first-order valence-corrected chi connectivity index (χ1v) is 3.75. The van der Waals surface area contributed by atoms with Crippen LogP contribution in [0.5, 0.6) is 0 Å². The van der Waals surface area contributed by atoms with Crippen molar-refractivity contribution in [2.24, 2.45) is 0 Å². The molecular weight excluding hydrogens is 256 g/mol. The maximum atomic E-state index is 9.85. The smallest absolute Gasteiger partial charge is 0.263 e. The van der Waals surface area contributed by atoms with Gasteiger partial charge in [0, 0.05) is 20.9 Å². The number of hydrogen-bond donors (Lipinski definition) is 0. The summed E-state index contributed by atoms with van der Waals surface area (Å²) < 4.78 is -1.89. The molecule has 54 valence electrons. The summed E-state index contributed by atoms with van der Waals surface area (Å²) in [6.07, 6.45) is 0. The van der Waals surface area contributed by atoms with E-state index in [1.54, 1.807) is 0 Å². The second-order valence-electron chi connectivity index (χ2n) is 1.16. The van der Waals surface area contributed by atoms with Gasteiger partial charge in [0.05, 0.1) is 0 Å². The fourth-order valence-corrected chi connectivity index (χ4v) is 0.359. The summed E-state index contributed by atoms with van der Waals surface area (Å²) in [6, 6.07) is 0. The van der Waals surface area contributed by atoms with E-state index in [2.05, 4.69) is 15.9 Å². The van der Waals surface area contributed by atoms with Crippen LogP contribution < -0.4 is 0 Å². The topological polar surface area (TPSA) is 43.1 Å². The molecule has 0 heterocycles. The Morgan fingerprint density at radius 3 is 1.89 bits per heavy atom. The molecule has 9 heavy (non-hydrogen) atoms. The van der Waals surface area contributed by atoms with Crippen molar-refractivity contribution in [1.29, 1.82) is 0 Å². The first-order chi connectivity index (χ1) is 3.85. The van der Waals surface area contributed by atoms with Crippen molar-refractivity contribution in [3.8, 4) is 0 Å². The minimum absolute atomic E-state index is 0.729. The lowest BCUT2D eigenvalue weighted by Crippen LogP contribution is -2.27. The van der Waals surface area contributed by atoms with E-state index < -0.39 is 13.7 Å². The number of halogens is 4. The summed E-state index contributed by atoms with van der Waals surface area (Å²) in [6.45, 7) is 0. The molecule has 0 N–H and O–H groups in total. The van der Waals surface area contributed by atoms with Crippen molar-refractivity contribution >= 4 is 50.7 Å². The second kappa shape index (κ2) is 3.23. The van der Waals surface area contributed by atoms with Gasteiger partial charge in [-0.15, -0.1) is 0 Å². The van der Waals surface area contributed by atoms with Crippen molar-refractivity contribution in [1.82, 2.24) is 0 Å². The van der Waals surface area contributed by atoms with E-state index in [0.717, 1.165) is 0 Å². The highest BCUT2D eigenvalue weighted by Crippen LogP contribution is 2.34. The Kier molecular flexibility index (Phi) is 3.50. The van der Waals surface area contributed by atoms with E-state index in [4.69, 9.17) is 34.8 Å². The van der Waals surface area contributed by atoms with E-state index in [9.17, 15) is 10.1 Å². The normalized spacial score (nSPS) is 15.1. The van der Waals surface area contributed by atoms with Gasteiger partial charge in [0.2, 0.25) is 0 Å². The molecule has 0 aromatic heterocycles. The average Bonchev–Trinajstić information content (AvgIpc) is 1.62. The minimum atomic E-state index is -1.89. The predicted octanol–water partition coefficient (Wildman–Crippen LogP) is 2.35. The van der Waals surface area contributed by atoms with Gasteiger partial charge in [0.25, 0.3) is 3.79 Å². The zero-order valence-corrected chi connectivity index (χ0v) is 7.71. The highest BCUT2D eigenvalue weighted by molar-refractivity contribution is 9.09. The fraction of sp³-hybridized carbons (Fsp3) is 1.00. The quantitative estimate of drug-likeness (QED) is 0.313. The fourth-order valence-electron chi connectivity index (χ4n) is 0.120. The van der Waals surface area contributed by atoms with Gasteiger partial charge in [0.1, 0.15) is 0 Å². The van der Waals surface area contributed by atoms with E-state index in [-0.39, 0.29) is 0 Å². The number of hydrogen-bond acceptors (Lipinski definition) is 2. The zero-order chi connectivity index (χ0) is 7.65. The largest absolute Gasteiger partial charge is 0.312 e. The number of nitro groups is 1. The molecule has 1 atom stereocenters. The summed E-state index contributed by atoms with van der Waals surface area (Å²) in [5.41, 5.74) is 0. The first kappa shape index (κ1) is 9.75. The molecule has 0 saturated carbocycles. The third kappa shape index (κ3) is 3.45. The van der Waals surface area contributed by atoms with Gasteiger partial charge in [-0.25, -0.2) is 0 Å². The van der Waals surface area contributed by atoms with Gasteiger partial charge < -0.3 is 0 Å². The molecule has 0 saturated heterocycles. The second-order valence-corrected chi connectivity index (χ2v) is 4.40. The van der Waals surface area contributed by atoms with Crippen LogP contribution in [0, 0.1) is 10.1 Å². The highest BCUT2D eigenvalue weighted by atomic mass is 79.9. The zero-order valence-electron chi connectivity index (χ0n) is 3.85. The van der Waals surface area contributed by atoms with Gasteiger partial charge in [-0.1, -0.05) is 34.8 Å². The average molecular weight is 257 g/mol. The third-order valence-corrected chi connectivity index (χ3v) is 2.89. The molecule has 0 bridgehead atoms. The SMILES string of the molecule is O=[N+]([O-])C(Br)C(Cl)(Cl)Cl. The lowest BCUT2D eigenvalue weighted by Gasteiger charge is -2.09. The van der Waals surface area contributed by atoms with Gasteiger partial charge in [0.15, 0.2) is 0 Å². The molecule has 0 fully saturated rings. The molecule has 0 aromatic rings. The standard InChI is InChI=1S/C2HBrCl3NO2/c3-1(7(8)9)2(4,5)6/h1H. The lowest BCUT2D eigenvalue weighted by molar-refractivity contribution is -0.491. The maximum Gasteiger partial charge on any atom is 0.312 e.